The van der Waals surface area contributed by atoms with Gasteiger partial charge in [0.2, 0.25) is 11.7 Å². The zero-order valence-corrected chi connectivity index (χ0v) is 12.0. The first-order valence-corrected chi connectivity index (χ1v) is 7.33. The molecule has 0 N–H and O–H groups in total. The number of fused-ring (bicyclic) bond motifs is 1. The number of pyridine rings is 1. The first-order chi connectivity index (χ1) is 10.3. The average molecular weight is 297 g/mol. The van der Waals surface area contributed by atoms with Crippen molar-refractivity contribution in [1.29, 1.82) is 0 Å². The monoisotopic (exact) mass is 297 g/mol. The van der Waals surface area contributed by atoms with Crippen LogP contribution in [0.3, 0.4) is 0 Å². The first-order valence-electron chi connectivity index (χ1n) is 6.45. The molecule has 0 aliphatic heterocycles. The molecule has 0 unspecified atom stereocenters. The Balaban J connectivity index is 1.64. The molecule has 0 bridgehead atoms. The number of nitrogens with zero attached hydrogens (tertiary/aromatic N) is 5. The van der Waals surface area contributed by atoms with Crippen LogP contribution in [0, 0.1) is 6.92 Å². The van der Waals surface area contributed by atoms with Gasteiger partial charge in [0.25, 0.3) is 0 Å². The molecule has 0 fully saturated rings. The van der Waals surface area contributed by atoms with Crippen molar-refractivity contribution < 1.29 is 4.52 Å². The van der Waals surface area contributed by atoms with Crippen LogP contribution in [0.2, 0.25) is 0 Å². The minimum absolute atomic E-state index is 0.501. The first kappa shape index (κ1) is 12.2. The normalized spacial score (nSPS) is 11.3. The number of rotatable bonds is 3. The van der Waals surface area contributed by atoms with Gasteiger partial charge in [-0.25, -0.2) is 9.97 Å². The smallest absolute Gasteiger partial charge is 0.233 e. The van der Waals surface area contributed by atoms with E-state index in [1.165, 1.54) is 0 Å². The topological polar surface area (TPSA) is 69.1 Å². The van der Waals surface area contributed by atoms with Crippen molar-refractivity contribution in [3.8, 4) is 11.5 Å². The number of aromatic nitrogens is 5. The molecule has 0 spiro atoms. The lowest BCUT2D eigenvalue weighted by Gasteiger charge is -1.87. The Labute approximate surface area is 124 Å². The molecule has 0 atom stereocenters. The van der Waals surface area contributed by atoms with Crippen molar-refractivity contribution in [2.24, 2.45) is 0 Å². The van der Waals surface area contributed by atoms with Gasteiger partial charge < -0.3 is 8.92 Å². The lowest BCUT2D eigenvalue weighted by atomic mass is 10.3. The molecule has 4 heterocycles. The summed E-state index contributed by atoms with van der Waals surface area (Å²) in [4.78, 5) is 13.3. The highest BCUT2D eigenvalue weighted by molar-refractivity contribution is 7.09. The van der Waals surface area contributed by atoms with Gasteiger partial charge in [0.15, 0.2) is 0 Å². The second-order valence-electron chi connectivity index (χ2n) is 4.64. The van der Waals surface area contributed by atoms with E-state index in [4.69, 9.17) is 4.52 Å². The third-order valence-electron chi connectivity index (χ3n) is 3.06. The van der Waals surface area contributed by atoms with Gasteiger partial charge in [0.05, 0.1) is 17.1 Å². The van der Waals surface area contributed by atoms with Crippen LogP contribution >= 0.6 is 11.3 Å². The van der Waals surface area contributed by atoms with Crippen LogP contribution in [0.4, 0.5) is 0 Å². The van der Waals surface area contributed by atoms with Gasteiger partial charge in [-0.3, -0.25) is 0 Å². The maximum absolute atomic E-state index is 5.28. The highest BCUT2D eigenvalue weighted by Crippen LogP contribution is 2.18. The number of imidazole rings is 1. The fourth-order valence-corrected chi connectivity index (χ4v) is 2.73. The largest absolute Gasteiger partial charge is 0.338 e. The summed E-state index contributed by atoms with van der Waals surface area (Å²) in [5.74, 6) is 1.05. The highest BCUT2D eigenvalue weighted by Gasteiger charge is 2.13. The maximum atomic E-state index is 5.28. The Morgan fingerprint density at radius 1 is 1.24 bits per heavy atom. The third-order valence-corrected chi connectivity index (χ3v) is 3.88. The molecule has 0 aromatic carbocycles. The summed E-state index contributed by atoms with van der Waals surface area (Å²) in [6, 6.07) is 5.82. The SMILES string of the molecule is Cc1nc(Cc2nc(-c3cn4ccccc4n3)no2)cs1. The number of hydrogen-bond acceptors (Lipinski definition) is 6. The summed E-state index contributed by atoms with van der Waals surface area (Å²) in [5, 5.41) is 7.03. The van der Waals surface area contributed by atoms with Crippen molar-refractivity contribution in [2.75, 3.05) is 0 Å². The van der Waals surface area contributed by atoms with Crippen LogP contribution in [-0.4, -0.2) is 24.5 Å². The minimum Gasteiger partial charge on any atom is -0.338 e. The minimum atomic E-state index is 0.501. The fraction of sp³-hybridized carbons (Fsp3) is 0.143. The molecule has 104 valence electrons. The van der Waals surface area contributed by atoms with E-state index >= 15 is 0 Å². The van der Waals surface area contributed by atoms with Crippen molar-refractivity contribution in [3.05, 3.63) is 52.6 Å². The quantitative estimate of drug-likeness (QED) is 0.581. The number of hydrogen-bond donors (Lipinski definition) is 0. The molecular formula is C14H11N5OS. The molecular weight excluding hydrogens is 286 g/mol. The van der Waals surface area contributed by atoms with Crippen LogP contribution in [0.5, 0.6) is 0 Å². The Morgan fingerprint density at radius 2 is 2.19 bits per heavy atom. The molecule has 4 rings (SSSR count). The standard InChI is InChI=1S/C14H11N5OS/c1-9-15-10(8-21-9)6-13-17-14(18-20-13)11-7-19-5-3-2-4-12(19)16-11/h2-5,7-8H,6H2,1H3. The molecule has 4 aromatic rings. The van der Waals surface area contributed by atoms with E-state index in [0.717, 1.165) is 16.3 Å². The summed E-state index contributed by atoms with van der Waals surface area (Å²) in [6.45, 7) is 1.98. The second kappa shape index (κ2) is 4.78. The third kappa shape index (κ3) is 2.31. The van der Waals surface area contributed by atoms with Gasteiger partial charge in [-0.05, 0) is 19.1 Å². The van der Waals surface area contributed by atoms with Crippen molar-refractivity contribution >= 4 is 17.0 Å². The summed E-state index contributed by atoms with van der Waals surface area (Å²) >= 11 is 1.61. The number of thiazole rings is 1. The molecule has 0 saturated heterocycles. The molecule has 0 saturated carbocycles. The van der Waals surface area contributed by atoms with Crippen LogP contribution < -0.4 is 0 Å². The van der Waals surface area contributed by atoms with Gasteiger partial charge in [-0.1, -0.05) is 11.2 Å². The van der Waals surface area contributed by atoms with E-state index in [-0.39, 0.29) is 0 Å². The average Bonchev–Trinajstić information content (AvgIpc) is 3.18. The summed E-state index contributed by atoms with van der Waals surface area (Å²) in [5.41, 5.74) is 2.50. The highest BCUT2D eigenvalue weighted by atomic mass is 32.1. The maximum Gasteiger partial charge on any atom is 0.233 e. The Hall–Kier alpha value is -2.54. The van der Waals surface area contributed by atoms with Crippen LogP contribution in [0.15, 0.2) is 40.5 Å². The molecule has 0 aliphatic rings. The van der Waals surface area contributed by atoms with Gasteiger partial charge in [-0.15, -0.1) is 11.3 Å². The van der Waals surface area contributed by atoms with Crippen LogP contribution in [-0.2, 0) is 6.42 Å². The summed E-state index contributed by atoms with van der Waals surface area (Å²) in [7, 11) is 0. The molecule has 6 nitrogen and oxygen atoms in total. The van der Waals surface area contributed by atoms with Crippen molar-refractivity contribution in [3.63, 3.8) is 0 Å². The van der Waals surface area contributed by atoms with E-state index in [0.29, 0.717) is 23.8 Å². The van der Waals surface area contributed by atoms with E-state index in [1.54, 1.807) is 11.3 Å². The predicted molar refractivity (Wildman–Crippen MR) is 78.1 cm³/mol. The lowest BCUT2D eigenvalue weighted by Crippen LogP contribution is -1.89. The Kier molecular flexibility index (Phi) is 2.78. The van der Waals surface area contributed by atoms with Crippen LogP contribution in [0.25, 0.3) is 17.2 Å². The molecule has 0 amide bonds. The van der Waals surface area contributed by atoms with E-state index in [1.807, 2.05) is 47.3 Å². The molecule has 7 heteroatoms. The molecule has 21 heavy (non-hydrogen) atoms. The zero-order valence-electron chi connectivity index (χ0n) is 11.2. The zero-order chi connectivity index (χ0) is 14.2. The van der Waals surface area contributed by atoms with E-state index < -0.39 is 0 Å². The van der Waals surface area contributed by atoms with Crippen LogP contribution in [0.1, 0.15) is 16.6 Å². The van der Waals surface area contributed by atoms with E-state index in [9.17, 15) is 0 Å². The molecule has 0 radical (unpaired) electrons. The predicted octanol–water partition coefficient (Wildman–Crippen LogP) is 2.74. The lowest BCUT2D eigenvalue weighted by molar-refractivity contribution is 0.385. The molecule has 0 aliphatic carbocycles. The van der Waals surface area contributed by atoms with Gasteiger partial charge in [0, 0.05) is 17.8 Å². The summed E-state index contributed by atoms with van der Waals surface area (Å²) < 4.78 is 7.21. The summed E-state index contributed by atoms with van der Waals surface area (Å²) in [6.07, 6.45) is 4.37. The fourth-order valence-electron chi connectivity index (χ4n) is 2.12. The molecule has 4 aromatic heterocycles. The van der Waals surface area contributed by atoms with Gasteiger partial charge in [0.1, 0.15) is 11.3 Å². The van der Waals surface area contributed by atoms with Gasteiger partial charge in [-0.2, -0.15) is 4.98 Å². The van der Waals surface area contributed by atoms with Crippen molar-refractivity contribution in [2.45, 2.75) is 13.3 Å². The van der Waals surface area contributed by atoms with E-state index in [2.05, 4.69) is 20.1 Å². The Morgan fingerprint density at radius 3 is 3.00 bits per heavy atom. The van der Waals surface area contributed by atoms with Crippen molar-refractivity contribution in [1.82, 2.24) is 24.5 Å². The second-order valence-corrected chi connectivity index (χ2v) is 5.70. The van der Waals surface area contributed by atoms with Gasteiger partial charge >= 0.3 is 0 Å². The Bertz CT molecular complexity index is 874. The number of aryl methyl sites for hydroxylation is 1.